The molecule has 0 saturated carbocycles. The van der Waals surface area contributed by atoms with Crippen LogP contribution in [0.4, 0.5) is 0 Å². The molecule has 3 rings (SSSR count). The Morgan fingerprint density at radius 3 is 2.45 bits per heavy atom. The molecule has 0 spiro atoms. The predicted molar refractivity (Wildman–Crippen MR) is 121 cm³/mol. The lowest BCUT2D eigenvalue weighted by atomic mass is 10.0. The van der Waals surface area contributed by atoms with Crippen molar-refractivity contribution in [1.29, 1.82) is 0 Å². The Bertz CT molecular complexity index is 908. The van der Waals surface area contributed by atoms with E-state index in [0.717, 1.165) is 11.3 Å². The van der Waals surface area contributed by atoms with Crippen molar-refractivity contribution in [3.63, 3.8) is 0 Å². The molecule has 0 aromatic heterocycles. The van der Waals surface area contributed by atoms with E-state index in [1.54, 1.807) is 37.3 Å². The zero-order valence-corrected chi connectivity index (χ0v) is 18.9. The lowest BCUT2D eigenvalue weighted by Crippen LogP contribution is -2.49. The molecular weight excluding hydrogens is 416 g/mol. The number of nitrogens with zero attached hydrogens (tertiary/aromatic N) is 1. The third kappa shape index (κ3) is 6.14. The number of ether oxygens (including phenoxy) is 2. The zero-order chi connectivity index (χ0) is 22.4. The van der Waals surface area contributed by atoms with E-state index < -0.39 is 6.10 Å². The van der Waals surface area contributed by atoms with Gasteiger partial charge in [0.25, 0.3) is 11.8 Å². The van der Waals surface area contributed by atoms with Crippen molar-refractivity contribution >= 4 is 23.4 Å². The summed E-state index contributed by atoms with van der Waals surface area (Å²) in [5, 5.41) is 3.68. The van der Waals surface area contributed by atoms with Crippen LogP contribution in [0.1, 0.15) is 42.6 Å². The number of aryl methyl sites for hydroxylation is 1. The first kappa shape index (κ1) is 22.9. The monoisotopic (exact) mass is 444 g/mol. The number of likely N-dealkylation sites (tertiary alicyclic amines) is 1. The molecule has 7 heteroatoms. The van der Waals surface area contributed by atoms with Crippen molar-refractivity contribution in [1.82, 2.24) is 10.2 Å². The maximum atomic E-state index is 12.7. The van der Waals surface area contributed by atoms with Crippen molar-refractivity contribution in [3.8, 4) is 11.5 Å². The van der Waals surface area contributed by atoms with E-state index in [2.05, 4.69) is 5.32 Å². The van der Waals surface area contributed by atoms with E-state index in [1.807, 2.05) is 30.9 Å². The molecule has 1 saturated heterocycles. The first-order valence-corrected chi connectivity index (χ1v) is 11.0. The van der Waals surface area contributed by atoms with Crippen LogP contribution in [0, 0.1) is 6.92 Å². The van der Waals surface area contributed by atoms with Crippen LogP contribution in [0.15, 0.2) is 42.5 Å². The van der Waals surface area contributed by atoms with Gasteiger partial charge in [-0.1, -0.05) is 11.6 Å². The van der Waals surface area contributed by atoms with Gasteiger partial charge in [0.05, 0.1) is 6.61 Å². The Balaban J connectivity index is 1.47. The van der Waals surface area contributed by atoms with Crippen molar-refractivity contribution in [2.45, 2.75) is 45.8 Å². The van der Waals surface area contributed by atoms with Gasteiger partial charge in [0.15, 0.2) is 6.10 Å². The van der Waals surface area contributed by atoms with Crippen LogP contribution in [0.5, 0.6) is 11.5 Å². The van der Waals surface area contributed by atoms with Gasteiger partial charge in [0.2, 0.25) is 0 Å². The minimum atomic E-state index is -0.622. The number of hydrogen-bond donors (Lipinski definition) is 1. The summed E-state index contributed by atoms with van der Waals surface area (Å²) in [7, 11) is 0. The van der Waals surface area contributed by atoms with Gasteiger partial charge in [-0.15, -0.1) is 0 Å². The molecule has 6 nitrogen and oxygen atoms in total. The summed E-state index contributed by atoms with van der Waals surface area (Å²) in [6.07, 6.45) is 0.797. The second-order valence-electron chi connectivity index (χ2n) is 7.70. The van der Waals surface area contributed by atoms with Gasteiger partial charge in [-0.3, -0.25) is 9.59 Å². The van der Waals surface area contributed by atoms with Crippen molar-refractivity contribution in [2.24, 2.45) is 0 Å². The lowest BCUT2D eigenvalue weighted by Gasteiger charge is -2.33. The molecule has 2 amide bonds. The maximum Gasteiger partial charge on any atom is 0.260 e. The largest absolute Gasteiger partial charge is 0.494 e. The van der Waals surface area contributed by atoms with Gasteiger partial charge in [-0.05, 0) is 81.6 Å². The Labute approximate surface area is 188 Å². The molecule has 1 atom stereocenters. The van der Waals surface area contributed by atoms with Crippen LogP contribution < -0.4 is 14.8 Å². The molecule has 2 aromatic carbocycles. The smallest absolute Gasteiger partial charge is 0.260 e. The maximum absolute atomic E-state index is 12.7. The van der Waals surface area contributed by atoms with Gasteiger partial charge < -0.3 is 19.7 Å². The Morgan fingerprint density at radius 2 is 1.84 bits per heavy atom. The van der Waals surface area contributed by atoms with Gasteiger partial charge >= 0.3 is 0 Å². The second-order valence-corrected chi connectivity index (χ2v) is 8.14. The Kier molecular flexibility index (Phi) is 7.80. The van der Waals surface area contributed by atoms with Gasteiger partial charge in [0.1, 0.15) is 11.5 Å². The summed E-state index contributed by atoms with van der Waals surface area (Å²) < 4.78 is 11.2. The molecule has 1 unspecified atom stereocenters. The molecule has 1 N–H and O–H groups in total. The summed E-state index contributed by atoms with van der Waals surface area (Å²) in [5.74, 6) is 1.24. The van der Waals surface area contributed by atoms with Crippen LogP contribution >= 0.6 is 11.6 Å². The number of piperidine rings is 1. The molecule has 0 bridgehead atoms. The minimum absolute atomic E-state index is 0.00254. The fourth-order valence-corrected chi connectivity index (χ4v) is 3.80. The minimum Gasteiger partial charge on any atom is -0.494 e. The number of halogens is 1. The molecule has 1 fully saturated rings. The van der Waals surface area contributed by atoms with Crippen molar-refractivity contribution in [2.75, 3.05) is 19.7 Å². The second kappa shape index (κ2) is 10.5. The third-order valence-electron chi connectivity index (χ3n) is 5.35. The molecule has 2 aromatic rings. The first-order valence-electron chi connectivity index (χ1n) is 10.6. The quantitative estimate of drug-likeness (QED) is 0.693. The fraction of sp³-hybridized carbons (Fsp3) is 0.417. The molecule has 0 radical (unpaired) electrons. The highest BCUT2D eigenvalue weighted by Crippen LogP contribution is 2.23. The average molecular weight is 445 g/mol. The molecule has 1 heterocycles. The number of hydrogen-bond acceptors (Lipinski definition) is 4. The summed E-state index contributed by atoms with van der Waals surface area (Å²) in [6, 6.07) is 12.5. The van der Waals surface area contributed by atoms with Gasteiger partial charge in [-0.25, -0.2) is 0 Å². The third-order valence-corrected chi connectivity index (χ3v) is 5.59. The molecular formula is C24H29ClN2O4. The summed E-state index contributed by atoms with van der Waals surface area (Å²) in [4.78, 5) is 27.1. The topological polar surface area (TPSA) is 67.9 Å². The molecule has 1 aliphatic heterocycles. The number of benzene rings is 2. The van der Waals surface area contributed by atoms with E-state index in [4.69, 9.17) is 21.1 Å². The summed E-state index contributed by atoms with van der Waals surface area (Å²) >= 11 is 5.97. The SMILES string of the molecule is CCOc1ccc(C(=O)N2CCC(NC(=O)C(C)Oc3ccc(Cl)cc3C)CC2)cc1. The van der Waals surface area contributed by atoms with Crippen LogP contribution in [-0.4, -0.2) is 48.6 Å². The van der Waals surface area contributed by atoms with Crippen LogP contribution in [-0.2, 0) is 4.79 Å². The molecule has 31 heavy (non-hydrogen) atoms. The summed E-state index contributed by atoms with van der Waals surface area (Å²) in [6.45, 7) is 7.34. The standard InChI is InChI=1S/C24H29ClN2O4/c1-4-30-21-8-5-18(6-9-21)24(29)27-13-11-20(12-14-27)26-23(28)17(3)31-22-10-7-19(25)15-16(22)2/h5-10,15,17,20H,4,11-14H2,1-3H3,(H,26,28). The normalized spacial score (nSPS) is 15.3. The number of nitrogens with one attached hydrogen (secondary N) is 1. The predicted octanol–water partition coefficient (Wildman–Crippen LogP) is 4.24. The van der Waals surface area contributed by atoms with E-state index >= 15 is 0 Å². The zero-order valence-electron chi connectivity index (χ0n) is 18.2. The number of rotatable bonds is 7. The van der Waals surface area contributed by atoms with E-state index in [-0.39, 0.29) is 17.9 Å². The van der Waals surface area contributed by atoms with Crippen LogP contribution in [0.25, 0.3) is 0 Å². The molecule has 0 aliphatic carbocycles. The van der Waals surface area contributed by atoms with Gasteiger partial charge in [-0.2, -0.15) is 0 Å². The van der Waals surface area contributed by atoms with E-state index in [1.165, 1.54) is 0 Å². The highest BCUT2D eigenvalue weighted by atomic mass is 35.5. The molecule has 1 aliphatic rings. The van der Waals surface area contributed by atoms with E-state index in [9.17, 15) is 9.59 Å². The fourth-order valence-electron chi connectivity index (χ4n) is 3.58. The Morgan fingerprint density at radius 1 is 1.16 bits per heavy atom. The van der Waals surface area contributed by atoms with Gasteiger partial charge in [0, 0.05) is 29.7 Å². The number of carbonyl (C=O) groups excluding carboxylic acids is 2. The highest BCUT2D eigenvalue weighted by molar-refractivity contribution is 6.30. The highest BCUT2D eigenvalue weighted by Gasteiger charge is 2.26. The summed E-state index contributed by atoms with van der Waals surface area (Å²) in [5.41, 5.74) is 1.53. The molecule has 166 valence electrons. The first-order chi connectivity index (χ1) is 14.9. The lowest BCUT2D eigenvalue weighted by molar-refractivity contribution is -0.128. The number of carbonyl (C=O) groups is 2. The number of amides is 2. The average Bonchev–Trinajstić information content (AvgIpc) is 2.76. The van der Waals surface area contributed by atoms with Crippen LogP contribution in [0.3, 0.4) is 0 Å². The Hall–Kier alpha value is -2.73. The van der Waals surface area contributed by atoms with Crippen molar-refractivity contribution < 1.29 is 19.1 Å². The van der Waals surface area contributed by atoms with Crippen LogP contribution in [0.2, 0.25) is 5.02 Å². The van der Waals surface area contributed by atoms with E-state index in [0.29, 0.717) is 48.9 Å². The van der Waals surface area contributed by atoms with Crippen molar-refractivity contribution in [3.05, 3.63) is 58.6 Å².